The maximum atomic E-state index is 5.32. The maximum absolute atomic E-state index is 5.32. The van der Waals surface area contributed by atoms with Crippen LogP contribution in [0.3, 0.4) is 0 Å². The van der Waals surface area contributed by atoms with Gasteiger partial charge in [-0.25, -0.2) is 0 Å². The molecule has 0 aromatic carbocycles. The van der Waals surface area contributed by atoms with Crippen LogP contribution in [0.2, 0.25) is 0 Å². The molecule has 104 valence electrons. The van der Waals surface area contributed by atoms with E-state index in [-0.39, 0.29) is 0 Å². The lowest BCUT2D eigenvalue weighted by Gasteiger charge is -2.35. The molecule has 17 heavy (non-hydrogen) atoms. The predicted molar refractivity (Wildman–Crippen MR) is 72.5 cm³/mol. The van der Waals surface area contributed by atoms with Crippen molar-refractivity contribution in [1.82, 2.24) is 10.2 Å². The van der Waals surface area contributed by atoms with Crippen molar-refractivity contribution in [3.63, 3.8) is 0 Å². The second-order valence-electron chi connectivity index (χ2n) is 5.00. The van der Waals surface area contributed by atoms with E-state index in [9.17, 15) is 0 Å². The summed E-state index contributed by atoms with van der Waals surface area (Å²) in [7, 11) is 3.51. The largest absolute Gasteiger partial charge is 0.383 e. The lowest BCUT2D eigenvalue weighted by Crippen LogP contribution is -2.50. The summed E-state index contributed by atoms with van der Waals surface area (Å²) in [6, 6.07) is 1.41. The molecule has 1 unspecified atom stereocenters. The van der Waals surface area contributed by atoms with Gasteiger partial charge in [0.05, 0.1) is 13.2 Å². The van der Waals surface area contributed by atoms with Gasteiger partial charge < -0.3 is 14.8 Å². The van der Waals surface area contributed by atoms with Gasteiger partial charge in [0.15, 0.2) is 0 Å². The second kappa shape index (κ2) is 9.83. The number of hydrogen-bond acceptors (Lipinski definition) is 4. The monoisotopic (exact) mass is 246 g/mol. The Hall–Kier alpha value is -0.160. The number of rotatable bonds is 10. The molecule has 1 atom stereocenters. The molecule has 4 heteroatoms. The first-order valence-corrected chi connectivity index (χ1v) is 6.49. The molecule has 4 nitrogen and oxygen atoms in total. The molecule has 0 saturated carbocycles. The first-order valence-electron chi connectivity index (χ1n) is 6.49. The standard InChI is InChI=1S/C13H30N2O2/c1-11(2)14-9-13(10-17-6)15(12(3)4)7-8-16-5/h11-14H,7-10H2,1-6H3. The Bertz CT molecular complexity index is 175. The van der Waals surface area contributed by atoms with Crippen LogP contribution in [0.25, 0.3) is 0 Å². The highest BCUT2D eigenvalue weighted by atomic mass is 16.5. The van der Waals surface area contributed by atoms with E-state index in [0.29, 0.717) is 18.1 Å². The van der Waals surface area contributed by atoms with Gasteiger partial charge >= 0.3 is 0 Å². The summed E-state index contributed by atoms with van der Waals surface area (Å²) in [6.45, 7) is 12.2. The quantitative estimate of drug-likeness (QED) is 0.631. The molecule has 0 saturated heterocycles. The summed E-state index contributed by atoms with van der Waals surface area (Å²) in [5.74, 6) is 0. The Morgan fingerprint density at radius 1 is 1.06 bits per heavy atom. The van der Waals surface area contributed by atoms with Crippen LogP contribution in [0.15, 0.2) is 0 Å². The lowest BCUT2D eigenvalue weighted by molar-refractivity contribution is 0.0477. The van der Waals surface area contributed by atoms with Gasteiger partial charge in [0, 0.05) is 45.4 Å². The summed E-state index contributed by atoms with van der Waals surface area (Å²) in [4.78, 5) is 2.43. The fourth-order valence-electron chi connectivity index (χ4n) is 1.90. The van der Waals surface area contributed by atoms with E-state index in [1.165, 1.54) is 0 Å². The van der Waals surface area contributed by atoms with Crippen molar-refractivity contribution in [2.45, 2.75) is 45.8 Å². The number of hydrogen-bond donors (Lipinski definition) is 1. The molecule has 0 aliphatic carbocycles. The molecule has 0 spiro atoms. The fraction of sp³-hybridized carbons (Fsp3) is 1.00. The van der Waals surface area contributed by atoms with Gasteiger partial charge in [-0.1, -0.05) is 13.8 Å². The molecular formula is C13H30N2O2. The highest BCUT2D eigenvalue weighted by Gasteiger charge is 2.20. The van der Waals surface area contributed by atoms with Gasteiger partial charge in [0.2, 0.25) is 0 Å². The molecule has 0 aliphatic heterocycles. The molecule has 0 radical (unpaired) electrons. The van der Waals surface area contributed by atoms with Crippen molar-refractivity contribution in [2.75, 3.05) is 40.5 Å². The minimum Gasteiger partial charge on any atom is -0.383 e. The number of nitrogens with zero attached hydrogens (tertiary/aromatic N) is 1. The van der Waals surface area contributed by atoms with Crippen molar-refractivity contribution in [3.05, 3.63) is 0 Å². The Morgan fingerprint density at radius 2 is 1.71 bits per heavy atom. The van der Waals surface area contributed by atoms with Crippen LogP contribution in [0.1, 0.15) is 27.7 Å². The van der Waals surface area contributed by atoms with E-state index in [0.717, 1.165) is 26.3 Å². The normalized spacial score (nSPS) is 13.9. The summed E-state index contributed by atoms with van der Waals surface area (Å²) in [5.41, 5.74) is 0. The zero-order valence-electron chi connectivity index (χ0n) is 12.3. The third-order valence-electron chi connectivity index (χ3n) is 2.81. The minimum atomic E-state index is 0.401. The van der Waals surface area contributed by atoms with Crippen LogP contribution in [0.5, 0.6) is 0 Å². The Morgan fingerprint density at radius 3 is 2.12 bits per heavy atom. The van der Waals surface area contributed by atoms with Gasteiger partial charge in [0.1, 0.15) is 0 Å². The van der Waals surface area contributed by atoms with Crippen LogP contribution in [-0.2, 0) is 9.47 Å². The molecule has 0 rings (SSSR count). The smallest absolute Gasteiger partial charge is 0.0630 e. The zero-order valence-corrected chi connectivity index (χ0v) is 12.3. The maximum Gasteiger partial charge on any atom is 0.0630 e. The molecule has 0 heterocycles. The zero-order chi connectivity index (χ0) is 13.3. The van der Waals surface area contributed by atoms with E-state index in [1.807, 2.05) is 0 Å². The highest BCUT2D eigenvalue weighted by molar-refractivity contribution is 4.77. The molecule has 0 fully saturated rings. The predicted octanol–water partition coefficient (Wildman–Crippen LogP) is 1.36. The van der Waals surface area contributed by atoms with Crippen molar-refractivity contribution < 1.29 is 9.47 Å². The minimum absolute atomic E-state index is 0.401. The average Bonchev–Trinajstić information content (AvgIpc) is 2.25. The molecule has 0 amide bonds. The summed E-state index contributed by atoms with van der Waals surface area (Å²) in [5, 5.41) is 3.48. The lowest BCUT2D eigenvalue weighted by atomic mass is 10.2. The third kappa shape index (κ3) is 7.71. The molecule has 0 aromatic rings. The topological polar surface area (TPSA) is 33.7 Å². The average molecular weight is 246 g/mol. The molecule has 0 bridgehead atoms. The van der Waals surface area contributed by atoms with Gasteiger partial charge in [-0.2, -0.15) is 0 Å². The van der Waals surface area contributed by atoms with Gasteiger partial charge in [-0.3, -0.25) is 4.90 Å². The third-order valence-corrected chi connectivity index (χ3v) is 2.81. The molecule has 1 N–H and O–H groups in total. The first kappa shape index (κ1) is 16.8. The fourth-order valence-corrected chi connectivity index (χ4v) is 1.90. The van der Waals surface area contributed by atoms with Crippen molar-refractivity contribution in [2.24, 2.45) is 0 Å². The molecule has 0 aromatic heterocycles. The Labute approximate surface area is 107 Å². The Balaban J connectivity index is 4.35. The molecule has 0 aliphatic rings. The number of methoxy groups -OCH3 is 2. The van der Waals surface area contributed by atoms with Crippen LogP contribution >= 0.6 is 0 Å². The van der Waals surface area contributed by atoms with Crippen molar-refractivity contribution >= 4 is 0 Å². The number of nitrogens with one attached hydrogen (secondary N) is 1. The highest BCUT2D eigenvalue weighted by Crippen LogP contribution is 2.06. The van der Waals surface area contributed by atoms with Crippen molar-refractivity contribution in [1.29, 1.82) is 0 Å². The van der Waals surface area contributed by atoms with E-state index >= 15 is 0 Å². The number of ether oxygens (including phenoxy) is 2. The molecular weight excluding hydrogens is 216 g/mol. The van der Waals surface area contributed by atoms with E-state index in [2.05, 4.69) is 37.9 Å². The van der Waals surface area contributed by atoms with E-state index in [4.69, 9.17) is 9.47 Å². The van der Waals surface area contributed by atoms with Gasteiger partial charge in [0.25, 0.3) is 0 Å². The van der Waals surface area contributed by atoms with Gasteiger partial charge in [-0.15, -0.1) is 0 Å². The first-order chi connectivity index (χ1) is 8.02. The van der Waals surface area contributed by atoms with E-state index < -0.39 is 0 Å². The van der Waals surface area contributed by atoms with Gasteiger partial charge in [-0.05, 0) is 13.8 Å². The Kier molecular flexibility index (Phi) is 9.74. The SMILES string of the molecule is COCCN(C(C)C)C(CNC(C)C)COC. The van der Waals surface area contributed by atoms with Crippen LogP contribution in [-0.4, -0.2) is 63.5 Å². The summed E-state index contributed by atoms with van der Waals surface area (Å²) >= 11 is 0. The second-order valence-corrected chi connectivity index (χ2v) is 5.00. The van der Waals surface area contributed by atoms with Crippen LogP contribution in [0.4, 0.5) is 0 Å². The van der Waals surface area contributed by atoms with Crippen LogP contribution < -0.4 is 5.32 Å². The summed E-state index contributed by atoms with van der Waals surface area (Å²) in [6.07, 6.45) is 0. The summed E-state index contributed by atoms with van der Waals surface area (Å²) < 4.78 is 10.5. The van der Waals surface area contributed by atoms with Crippen LogP contribution in [0, 0.1) is 0 Å². The van der Waals surface area contributed by atoms with E-state index in [1.54, 1.807) is 14.2 Å². The van der Waals surface area contributed by atoms with Crippen molar-refractivity contribution in [3.8, 4) is 0 Å².